The lowest BCUT2D eigenvalue weighted by Gasteiger charge is -2.21. The molecule has 6 nitrogen and oxygen atoms in total. The smallest absolute Gasteiger partial charge is 0.322 e. The Balaban J connectivity index is 4.21. The molecule has 0 bridgehead atoms. The van der Waals surface area contributed by atoms with Crippen molar-refractivity contribution in [1.82, 2.24) is 4.72 Å². The van der Waals surface area contributed by atoms with E-state index in [1.54, 1.807) is 20.8 Å². The molecule has 0 amide bonds. The van der Waals surface area contributed by atoms with Crippen LogP contribution in [0, 0.1) is 5.41 Å². The molecule has 0 radical (unpaired) electrons. The van der Waals surface area contributed by atoms with Crippen LogP contribution < -0.4 is 4.72 Å². The van der Waals surface area contributed by atoms with Gasteiger partial charge in [0, 0.05) is 18.6 Å². The molecule has 0 aromatic rings. The van der Waals surface area contributed by atoms with E-state index in [-0.39, 0.29) is 19.8 Å². The van der Waals surface area contributed by atoms with Crippen LogP contribution >= 0.6 is 0 Å². The molecular formula is C9H19NO5S. The molecule has 0 aliphatic carbocycles. The quantitative estimate of drug-likeness (QED) is 0.596. The summed E-state index contributed by atoms with van der Waals surface area (Å²) in [6.07, 6.45) is 0. The van der Waals surface area contributed by atoms with Gasteiger partial charge in [-0.3, -0.25) is 4.79 Å². The molecule has 2 N–H and O–H groups in total. The van der Waals surface area contributed by atoms with Gasteiger partial charge in [0.25, 0.3) is 0 Å². The SMILES string of the molecule is CCOC(=O)CS(=O)(=O)NCC(C)(C)CO. The molecule has 0 heterocycles. The number of hydrogen-bond acceptors (Lipinski definition) is 5. The van der Waals surface area contributed by atoms with Crippen LogP contribution in [0.25, 0.3) is 0 Å². The molecule has 0 aromatic heterocycles. The van der Waals surface area contributed by atoms with E-state index in [2.05, 4.69) is 9.46 Å². The number of aliphatic hydroxyl groups is 1. The number of esters is 1. The van der Waals surface area contributed by atoms with Crippen LogP contribution in [0.4, 0.5) is 0 Å². The lowest BCUT2D eigenvalue weighted by Crippen LogP contribution is -2.38. The number of sulfonamides is 1. The third-order valence-corrected chi connectivity index (χ3v) is 3.01. The van der Waals surface area contributed by atoms with Gasteiger partial charge in [0.05, 0.1) is 6.61 Å². The molecule has 96 valence electrons. The van der Waals surface area contributed by atoms with Gasteiger partial charge in [0.15, 0.2) is 5.75 Å². The summed E-state index contributed by atoms with van der Waals surface area (Å²) in [5.74, 6) is -1.47. The van der Waals surface area contributed by atoms with Crippen molar-refractivity contribution < 1.29 is 23.1 Å². The monoisotopic (exact) mass is 253 g/mol. The number of carbonyl (C=O) groups excluding carboxylic acids is 1. The molecule has 0 fully saturated rings. The molecular weight excluding hydrogens is 234 g/mol. The van der Waals surface area contributed by atoms with E-state index in [1.165, 1.54) is 0 Å². The van der Waals surface area contributed by atoms with Gasteiger partial charge < -0.3 is 9.84 Å². The van der Waals surface area contributed by atoms with Gasteiger partial charge in [-0.2, -0.15) is 0 Å². The number of aliphatic hydroxyl groups excluding tert-OH is 1. The summed E-state index contributed by atoms with van der Waals surface area (Å²) in [5.41, 5.74) is -0.554. The van der Waals surface area contributed by atoms with Gasteiger partial charge in [0.1, 0.15) is 0 Å². The lowest BCUT2D eigenvalue weighted by atomic mass is 9.96. The van der Waals surface area contributed by atoms with Gasteiger partial charge in [-0.05, 0) is 6.92 Å². The minimum absolute atomic E-state index is 0.0746. The number of nitrogens with one attached hydrogen (secondary N) is 1. The lowest BCUT2D eigenvalue weighted by molar-refractivity contribution is -0.139. The minimum atomic E-state index is -3.68. The molecule has 16 heavy (non-hydrogen) atoms. The zero-order chi connectivity index (χ0) is 12.8. The van der Waals surface area contributed by atoms with Gasteiger partial charge in [0.2, 0.25) is 10.0 Å². The molecule has 0 rings (SSSR count). The van der Waals surface area contributed by atoms with Crippen LogP contribution in [0.15, 0.2) is 0 Å². The summed E-state index contributed by atoms with van der Waals surface area (Å²) in [4.78, 5) is 11.0. The third kappa shape index (κ3) is 6.76. The van der Waals surface area contributed by atoms with Crippen LogP contribution in [-0.4, -0.2) is 45.0 Å². The highest BCUT2D eigenvalue weighted by Crippen LogP contribution is 2.11. The molecule has 7 heteroatoms. The molecule has 0 saturated heterocycles. The molecule has 0 aromatic carbocycles. The molecule has 0 unspecified atom stereocenters. The predicted octanol–water partition coefficient (Wildman–Crippen LogP) is -0.513. The van der Waals surface area contributed by atoms with Crippen LogP contribution in [0.3, 0.4) is 0 Å². The third-order valence-electron chi connectivity index (χ3n) is 1.81. The fourth-order valence-corrected chi connectivity index (χ4v) is 1.88. The second kappa shape index (κ2) is 6.17. The van der Waals surface area contributed by atoms with Crippen LogP contribution in [0.2, 0.25) is 0 Å². The Hall–Kier alpha value is -0.660. The molecule has 0 atom stereocenters. The van der Waals surface area contributed by atoms with Crippen molar-refractivity contribution in [3.63, 3.8) is 0 Å². The maximum atomic E-state index is 11.4. The van der Waals surface area contributed by atoms with Crippen molar-refractivity contribution >= 4 is 16.0 Å². The van der Waals surface area contributed by atoms with Crippen molar-refractivity contribution in [2.24, 2.45) is 5.41 Å². The highest BCUT2D eigenvalue weighted by Gasteiger charge is 2.22. The van der Waals surface area contributed by atoms with E-state index in [1.807, 2.05) is 0 Å². The summed E-state index contributed by atoms with van der Waals surface area (Å²) >= 11 is 0. The molecule has 0 spiro atoms. The Morgan fingerprint density at radius 3 is 2.44 bits per heavy atom. The highest BCUT2D eigenvalue weighted by atomic mass is 32.2. The summed E-state index contributed by atoms with van der Waals surface area (Å²) < 4.78 is 29.5. The number of rotatable bonds is 7. The van der Waals surface area contributed by atoms with E-state index in [0.29, 0.717) is 0 Å². The summed E-state index contributed by atoms with van der Waals surface area (Å²) in [6, 6.07) is 0. The zero-order valence-corrected chi connectivity index (χ0v) is 10.6. The highest BCUT2D eigenvalue weighted by molar-refractivity contribution is 7.90. The van der Waals surface area contributed by atoms with Crippen molar-refractivity contribution in [2.45, 2.75) is 20.8 Å². The maximum absolute atomic E-state index is 11.4. The Kier molecular flexibility index (Phi) is 5.91. The van der Waals surface area contributed by atoms with Crippen molar-refractivity contribution in [3.8, 4) is 0 Å². The Labute approximate surface area is 96.0 Å². The average Bonchev–Trinajstić information content (AvgIpc) is 2.15. The Morgan fingerprint density at radius 2 is 2.00 bits per heavy atom. The van der Waals surface area contributed by atoms with Crippen molar-refractivity contribution in [2.75, 3.05) is 25.5 Å². The second-order valence-corrected chi connectivity index (χ2v) is 6.01. The van der Waals surface area contributed by atoms with Crippen LogP contribution in [0.5, 0.6) is 0 Å². The van der Waals surface area contributed by atoms with E-state index >= 15 is 0 Å². The fraction of sp³-hybridized carbons (Fsp3) is 0.889. The first-order valence-electron chi connectivity index (χ1n) is 4.96. The summed E-state index contributed by atoms with van der Waals surface area (Å²) in [7, 11) is -3.68. The molecule has 0 aliphatic rings. The summed E-state index contributed by atoms with van der Waals surface area (Å²) in [6.45, 7) is 5.10. The zero-order valence-electron chi connectivity index (χ0n) is 9.82. The first-order chi connectivity index (χ1) is 7.22. The fourth-order valence-electron chi connectivity index (χ4n) is 0.770. The van der Waals surface area contributed by atoms with Crippen molar-refractivity contribution in [3.05, 3.63) is 0 Å². The van der Waals surface area contributed by atoms with Gasteiger partial charge in [-0.1, -0.05) is 13.8 Å². The summed E-state index contributed by atoms with van der Waals surface area (Å²) in [5, 5.41) is 8.93. The van der Waals surface area contributed by atoms with Gasteiger partial charge in [-0.25, -0.2) is 13.1 Å². The predicted molar refractivity (Wildman–Crippen MR) is 59.3 cm³/mol. The Bertz CT molecular complexity index is 323. The van der Waals surface area contributed by atoms with E-state index in [4.69, 9.17) is 5.11 Å². The van der Waals surface area contributed by atoms with E-state index in [0.717, 1.165) is 0 Å². The van der Waals surface area contributed by atoms with Crippen molar-refractivity contribution in [1.29, 1.82) is 0 Å². The normalized spacial score (nSPS) is 12.5. The first-order valence-corrected chi connectivity index (χ1v) is 6.61. The minimum Gasteiger partial charge on any atom is -0.465 e. The van der Waals surface area contributed by atoms with Crippen LogP contribution in [0.1, 0.15) is 20.8 Å². The second-order valence-electron chi connectivity index (χ2n) is 4.21. The largest absolute Gasteiger partial charge is 0.465 e. The maximum Gasteiger partial charge on any atom is 0.322 e. The molecule has 0 saturated carbocycles. The number of ether oxygens (including phenoxy) is 1. The average molecular weight is 253 g/mol. The van der Waals surface area contributed by atoms with E-state index < -0.39 is 27.2 Å². The molecule has 0 aliphatic heterocycles. The standard InChI is InChI=1S/C9H19NO5S/c1-4-15-8(12)5-16(13,14)10-6-9(2,3)7-11/h10-11H,4-7H2,1-3H3. The first kappa shape index (κ1) is 15.3. The van der Waals surface area contributed by atoms with Gasteiger partial charge in [-0.15, -0.1) is 0 Å². The Morgan fingerprint density at radius 1 is 1.44 bits per heavy atom. The number of hydrogen-bond donors (Lipinski definition) is 2. The number of carbonyl (C=O) groups is 1. The van der Waals surface area contributed by atoms with E-state index in [9.17, 15) is 13.2 Å². The topological polar surface area (TPSA) is 92.7 Å². The van der Waals surface area contributed by atoms with Crippen LogP contribution in [-0.2, 0) is 19.6 Å². The van der Waals surface area contributed by atoms with Gasteiger partial charge >= 0.3 is 5.97 Å².